The second-order valence-corrected chi connectivity index (χ2v) is 6.16. The Kier molecular flexibility index (Phi) is 4.19. The van der Waals surface area contributed by atoms with E-state index in [1.807, 2.05) is 0 Å². The van der Waals surface area contributed by atoms with Crippen LogP contribution in [-0.2, 0) is 6.54 Å². The fraction of sp³-hybridized carbons (Fsp3) is 0.105. The molecule has 0 aliphatic carbocycles. The summed E-state index contributed by atoms with van der Waals surface area (Å²) < 4.78 is 20.6. The summed E-state index contributed by atoms with van der Waals surface area (Å²) in [5.41, 5.74) is 6.79. The van der Waals surface area contributed by atoms with Crippen LogP contribution in [0.2, 0.25) is 0 Å². The number of benzene rings is 2. The Hall–Kier alpha value is -3.88. The third-order valence-electron chi connectivity index (χ3n) is 4.34. The predicted molar refractivity (Wildman–Crippen MR) is 102 cm³/mol. The normalized spacial score (nSPS) is 11.1. The van der Waals surface area contributed by atoms with E-state index in [9.17, 15) is 14.3 Å². The van der Waals surface area contributed by atoms with Crippen LogP contribution in [0.25, 0.3) is 22.6 Å². The number of hydrogen-bond donors (Lipinski definition) is 3. The minimum atomic E-state index is -0.494. The second-order valence-electron chi connectivity index (χ2n) is 6.16. The van der Waals surface area contributed by atoms with Crippen molar-refractivity contribution in [1.82, 2.24) is 19.5 Å². The van der Waals surface area contributed by atoms with Crippen molar-refractivity contribution in [2.24, 2.45) is 0 Å². The van der Waals surface area contributed by atoms with E-state index in [2.05, 4.69) is 15.0 Å². The number of nitrogens with zero attached hydrogens (tertiary/aromatic N) is 3. The Morgan fingerprint density at radius 1 is 1.25 bits per heavy atom. The highest BCUT2D eigenvalue weighted by atomic mass is 19.1. The van der Waals surface area contributed by atoms with Gasteiger partial charge in [0.05, 0.1) is 13.7 Å². The molecule has 0 saturated carbocycles. The zero-order valence-electron chi connectivity index (χ0n) is 14.8. The first-order valence-electron chi connectivity index (χ1n) is 8.34. The highest BCUT2D eigenvalue weighted by Gasteiger charge is 2.16. The van der Waals surface area contributed by atoms with E-state index in [1.165, 1.54) is 42.0 Å². The summed E-state index contributed by atoms with van der Waals surface area (Å²) in [6, 6.07) is 10.6. The van der Waals surface area contributed by atoms with Crippen LogP contribution in [0.15, 0.2) is 47.3 Å². The Bertz CT molecular complexity index is 1250. The van der Waals surface area contributed by atoms with Gasteiger partial charge >= 0.3 is 5.69 Å². The van der Waals surface area contributed by atoms with Gasteiger partial charge in [-0.2, -0.15) is 0 Å². The van der Waals surface area contributed by atoms with Crippen molar-refractivity contribution in [3.8, 4) is 22.9 Å². The van der Waals surface area contributed by atoms with Crippen LogP contribution in [0.1, 0.15) is 5.56 Å². The molecule has 9 heteroatoms. The summed E-state index contributed by atoms with van der Waals surface area (Å²) in [4.78, 5) is 23.7. The summed E-state index contributed by atoms with van der Waals surface area (Å²) in [7, 11) is 1.48. The summed E-state index contributed by atoms with van der Waals surface area (Å²) in [6.07, 6.45) is 0. The van der Waals surface area contributed by atoms with Gasteiger partial charge in [0.25, 0.3) is 0 Å². The summed E-state index contributed by atoms with van der Waals surface area (Å²) in [5.74, 6) is 0.353. The summed E-state index contributed by atoms with van der Waals surface area (Å²) in [6.45, 7) is -0.0716. The molecule has 0 atom stereocenters. The molecule has 0 saturated heterocycles. The van der Waals surface area contributed by atoms with Gasteiger partial charge in [0.2, 0.25) is 0 Å². The monoisotopic (exact) mass is 381 g/mol. The molecule has 0 bridgehead atoms. The van der Waals surface area contributed by atoms with Crippen LogP contribution in [0, 0.1) is 5.82 Å². The van der Waals surface area contributed by atoms with E-state index in [0.717, 1.165) is 0 Å². The van der Waals surface area contributed by atoms with E-state index in [0.29, 0.717) is 11.3 Å². The number of phenols is 1. The van der Waals surface area contributed by atoms with Crippen molar-refractivity contribution in [3.63, 3.8) is 0 Å². The Labute approximate surface area is 158 Å². The molecule has 0 spiro atoms. The maximum Gasteiger partial charge on any atom is 0.328 e. The van der Waals surface area contributed by atoms with Crippen molar-refractivity contribution in [3.05, 3.63) is 64.3 Å². The van der Waals surface area contributed by atoms with Gasteiger partial charge < -0.3 is 20.6 Å². The van der Waals surface area contributed by atoms with Gasteiger partial charge in [0, 0.05) is 11.1 Å². The Morgan fingerprint density at radius 2 is 2.07 bits per heavy atom. The molecule has 4 aromatic rings. The smallest absolute Gasteiger partial charge is 0.328 e. The van der Waals surface area contributed by atoms with Gasteiger partial charge in [0.15, 0.2) is 17.3 Å². The molecular weight excluding hydrogens is 365 g/mol. The zero-order valence-corrected chi connectivity index (χ0v) is 14.8. The first-order valence-corrected chi connectivity index (χ1v) is 8.34. The fourth-order valence-corrected chi connectivity index (χ4v) is 2.94. The van der Waals surface area contributed by atoms with Crippen molar-refractivity contribution >= 4 is 17.0 Å². The lowest BCUT2D eigenvalue weighted by Crippen LogP contribution is -2.18. The molecule has 4 rings (SSSR count). The zero-order chi connectivity index (χ0) is 19.8. The number of phenolic OH excluding ortho intramolecular Hbond substituents is 1. The Morgan fingerprint density at radius 3 is 2.82 bits per heavy atom. The first-order chi connectivity index (χ1) is 13.5. The van der Waals surface area contributed by atoms with E-state index in [4.69, 9.17) is 10.5 Å². The highest BCUT2D eigenvalue weighted by Crippen LogP contribution is 2.25. The van der Waals surface area contributed by atoms with Gasteiger partial charge in [-0.15, -0.1) is 0 Å². The van der Waals surface area contributed by atoms with Crippen LogP contribution < -0.4 is 16.2 Å². The number of nitrogen functional groups attached to an aromatic ring is 1. The summed E-state index contributed by atoms with van der Waals surface area (Å²) in [5, 5.41) is 9.69. The predicted octanol–water partition coefficient (Wildman–Crippen LogP) is 2.27. The molecule has 8 nitrogen and oxygen atoms in total. The van der Waals surface area contributed by atoms with Crippen LogP contribution in [0.4, 0.5) is 10.2 Å². The van der Waals surface area contributed by atoms with E-state index >= 15 is 0 Å². The van der Waals surface area contributed by atoms with E-state index in [-0.39, 0.29) is 40.7 Å². The van der Waals surface area contributed by atoms with Crippen LogP contribution >= 0.6 is 0 Å². The lowest BCUT2D eigenvalue weighted by atomic mass is 10.2. The quantitative estimate of drug-likeness (QED) is 0.499. The Balaban J connectivity index is 1.87. The minimum absolute atomic E-state index is 0.0460. The number of hydrogen-bond acceptors (Lipinski definition) is 6. The number of nitrogens with one attached hydrogen (secondary N) is 1. The molecular formula is C19H16FN5O3. The lowest BCUT2D eigenvalue weighted by Gasteiger charge is -2.08. The molecule has 0 amide bonds. The van der Waals surface area contributed by atoms with E-state index in [1.54, 1.807) is 12.1 Å². The number of halogens is 1. The maximum atomic E-state index is 14.2. The number of imidazole rings is 1. The number of aromatic amines is 1. The van der Waals surface area contributed by atoms with Gasteiger partial charge in [-0.1, -0.05) is 12.1 Å². The summed E-state index contributed by atoms with van der Waals surface area (Å²) >= 11 is 0. The number of H-pyrrole nitrogens is 1. The molecule has 142 valence electrons. The number of aromatic hydroxyl groups is 1. The average molecular weight is 381 g/mol. The van der Waals surface area contributed by atoms with Crippen molar-refractivity contribution in [2.45, 2.75) is 6.54 Å². The van der Waals surface area contributed by atoms with E-state index < -0.39 is 11.5 Å². The molecule has 0 aliphatic rings. The largest absolute Gasteiger partial charge is 0.508 e. The molecule has 4 N–H and O–H groups in total. The highest BCUT2D eigenvalue weighted by molar-refractivity contribution is 5.83. The van der Waals surface area contributed by atoms with Crippen molar-refractivity contribution < 1.29 is 14.2 Å². The van der Waals surface area contributed by atoms with Gasteiger partial charge in [0.1, 0.15) is 22.8 Å². The molecule has 2 heterocycles. The number of nitrogens with two attached hydrogens (primary N) is 1. The molecule has 0 aliphatic heterocycles. The lowest BCUT2D eigenvalue weighted by molar-refractivity contribution is 0.412. The fourth-order valence-electron chi connectivity index (χ4n) is 2.94. The number of fused-ring (bicyclic) bond motifs is 1. The standard InChI is InChI=1S/C19H16FN5O3/c1-28-13-5-6-14(20)11(8-13)9-25-18-15(22-19(25)27)16(21)23-17(24-18)10-3-2-4-12(26)7-10/h2-8,26H,9H2,1H3,(H,22,27)(H2,21,23,24). The van der Waals surface area contributed by atoms with Crippen LogP contribution in [0.5, 0.6) is 11.5 Å². The maximum absolute atomic E-state index is 14.2. The number of rotatable bonds is 4. The number of anilines is 1. The number of aromatic nitrogens is 4. The molecule has 0 fully saturated rings. The molecule has 0 radical (unpaired) electrons. The minimum Gasteiger partial charge on any atom is -0.508 e. The van der Waals surface area contributed by atoms with Crippen molar-refractivity contribution in [1.29, 1.82) is 0 Å². The van der Waals surface area contributed by atoms with Crippen molar-refractivity contribution in [2.75, 3.05) is 12.8 Å². The van der Waals surface area contributed by atoms with Gasteiger partial charge in [-0.25, -0.2) is 19.2 Å². The molecule has 2 aromatic heterocycles. The van der Waals surface area contributed by atoms with Gasteiger partial charge in [-0.3, -0.25) is 4.57 Å². The molecule has 28 heavy (non-hydrogen) atoms. The van der Waals surface area contributed by atoms with Crippen LogP contribution in [0.3, 0.4) is 0 Å². The second kappa shape index (κ2) is 6.69. The third kappa shape index (κ3) is 3.02. The SMILES string of the molecule is COc1ccc(F)c(Cn2c(=O)[nH]c3c(N)nc(-c4cccc(O)c4)nc32)c1. The van der Waals surface area contributed by atoms with Gasteiger partial charge in [-0.05, 0) is 30.3 Å². The van der Waals surface area contributed by atoms with Crippen LogP contribution in [-0.4, -0.2) is 31.7 Å². The molecule has 2 aromatic carbocycles. The topological polar surface area (TPSA) is 119 Å². The number of ether oxygens (including phenoxy) is 1. The first kappa shape index (κ1) is 17.5. The average Bonchev–Trinajstić information content (AvgIpc) is 3.00. The number of methoxy groups -OCH3 is 1. The molecule has 0 unspecified atom stereocenters. The third-order valence-corrected chi connectivity index (χ3v) is 4.34.